The lowest BCUT2D eigenvalue weighted by atomic mass is 10.1. The van der Waals surface area contributed by atoms with E-state index >= 15 is 0 Å². The monoisotopic (exact) mass is 248 g/mol. The van der Waals surface area contributed by atoms with Crippen LogP contribution in [0.15, 0.2) is 36.4 Å². The summed E-state index contributed by atoms with van der Waals surface area (Å²) in [5.41, 5.74) is 2.26. The Morgan fingerprint density at radius 1 is 1.22 bits per heavy atom. The van der Waals surface area contributed by atoms with Crippen LogP contribution in [0.2, 0.25) is 0 Å². The first-order valence-corrected chi connectivity index (χ1v) is 6.64. The van der Waals surface area contributed by atoms with Gasteiger partial charge in [0.1, 0.15) is 5.75 Å². The van der Waals surface area contributed by atoms with Gasteiger partial charge in [-0.2, -0.15) is 0 Å². The molecule has 0 amide bonds. The number of ether oxygens (including phenoxy) is 2. The quantitative estimate of drug-likeness (QED) is 0.478. The fourth-order valence-corrected chi connectivity index (χ4v) is 1.82. The highest BCUT2D eigenvalue weighted by molar-refractivity contribution is 5.32. The van der Waals surface area contributed by atoms with Crippen LogP contribution in [0, 0.1) is 0 Å². The Kier molecular flexibility index (Phi) is 7.19. The highest BCUT2D eigenvalue weighted by Gasteiger charge is 2.02. The second-order valence-corrected chi connectivity index (χ2v) is 4.51. The SMILES string of the molecule is C=C(CCCCC)COCc1ccccc1OC. The van der Waals surface area contributed by atoms with Crippen LogP contribution in [0.4, 0.5) is 0 Å². The van der Waals surface area contributed by atoms with Crippen molar-refractivity contribution < 1.29 is 9.47 Å². The van der Waals surface area contributed by atoms with Crippen molar-refractivity contribution in [2.45, 2.75) is 39.2 Å². The summed E-state index contributed by atoms with van der Waals surface area (Å²) in [4.78, 5) is 0. The summed E-state index contributed by atoms with van der Waals surface area (Å²) in [6, 6.07) is 7.94. The van der Waals surface area contributed by atoms with Crippen molar-refractivity contribution in [2.75, 3.05) is 13.7 Å². The van der Waals surface area contributed by atoms with Gasteiger partial charge in [0.25, 0.3) is 0 Å². The van der Waals surface area contributed by atoms with Crippen molar-refractivity contribution in [2.24, 2.45) is 0 Å². The standard InChI is InChI=1S/C16H24O2/c1-4-5-6-9-14(2)12-18-13-15-10-7-8-11-16(15)17-3/h7-8,10-11H,2,4-6,9,12-13H2,1,3H3. The van der Waals surface area contributed by atoms with Crippen molar-refractivity contribution in [3.05, 3.63) is 42.0 Å². The summed E-state index contributed by atoms with van der Waals surface area (Å²) in [6.45, 7) is 7.47. The Hall–Kier alpha value is -1.28. The summed E-state index contributed by atoms with van der Waals surface area (Å²) in [5.74, 6) is 0.883. The zero-order valence-corrected chi connectivity index (χ0v) is 11.6. The molecule has 18 heavy (non-hydrogen) atoms. The van der Waals surface area contributed by atoms with Crippen LogP contribution >= 0.6 is 0 Å². The van der Waals surface area contributed by atoms with E-state index in [1.54, 1.807) is 7.11 Å². The van der Waals surface area contributed by atoms with E-state index < -0.39 is 0 Å². The Morgan fingerprint density at radius 3 is 2.72 bits per heavy atom. The molecule has 1 rings (SSSR count). The Morgan fingerprint density at radius 2 is 2.00 bits per heavy atom. The molecule has 0 saturated carbocycles. The maximum atomic E-state index is 5.68. The minimum atomic E-state index is 0.580. The molecule has 100 valence electrons. The number of unbranched alkanes of at least 4 members (excludes halogenated alkanes) is 2. The second-order valence-electron chi connectivity index (χ2n) is 4.51. The zero-order valence-electron chi connectivity index (χ0n) is 11.6. The molecule has 0 spiro atoms. The van der Waals surface area contributed by atoms with E-state index in [1.165, 1.54) is 24.8 Å². The van der Waals surface area contributed by atoms with Gasteiger partial charge in [0.05, 0.1) is 20.3 Å². The molecule has 0 aromatic heterocycles. The Labute approximate surface area is 111 Å². The third-order valence-corrected chi connectivity index (χ3v) is 2.89. The second kappa shape index (κ2) is 8.76. The van der Waals surface area contributed by atoms with Gasteiger partial charge in [0, 0.05) is 5.56 Å². The van der Waals surface area contributed by atoms with Crippen LogP contribution in [0.1, 0.15) is 38.2 Å². The lowest BCUT2D eigenvalue weighted by Crippen LogP contribution is -2.00. The molecular formula is C16H24O2. The Balaban J connectivity index is 2.26. The van der Waals surface area contributed by atoms with Crippen molar-refractivity contribution >= 4 is 0 Å². The summed E-state index contributed by atoms with van der Waals surface area (Å²) in [5, 5.41) is 0. The lowest BCUT2D eigenvalue weighted by molar-refractivity contribution is 0.138. The van der Waals surface area contributed by atoms with Gasteiger partial charge < -0.3 is 9.47 Å². The van der Waals surface area contributed by atoms with Crippen molar-refractivity contribution in [3.8, 4) is 5.75 Å². The van der Waals surface area contributed by atoms with Crippen molar-refractivity contribution in [1.82, 2.24) is 0 Å². The summed E-state index contributed by atoms with van der Waals surface area (Å²) in [7, 11) is 1.68. The third kappa shape index (κ3) is 5.37. The molecule has 0 radical (unpaired) electrons. The molecule has 2 nitrogen and oxygen atoms in total. The van der Waals surface area contributed by atoms with Gasteiger partial charge in [-0.3, -0.25) is 0 Å². The molecule has 0 fully saturated rings. The predicted molar refractivity (Wildman–Crippen MR) is 75.9 cm³/mol. The van der Waals surface area contributed by atoms with Crippen LogP contribution in [0.25, 0.3) is 0 Å². The normalized spacial score (nSPS) is 10.3. The van der Waals surface area contributed by atoms with Gasteiger partial charge in [-0.05, 0) is 18.9 Å². The summed E-state index contributed by atoms with van der Waals surface area (Å²) >= 11 is 0. The molecular weight excluding hydrogens is 224 g/mol. The van der Waals surface area contributed by atoms with E-state index in [1.807, 2.05) is 24.3 Å². The third-order valence-electron chi connectivity index (χ3n) is 2.89. The minimum absolute atomic E-state index is 0.580. The van der Waals surface area contributed by atoms with Crippen LogP contribution in [-0.2, 0) is 11.3 Å². The molecule has 0 saturated heterocycles. The first-order valence-electron chi connectivity index (χ1n) is 6.64. The summed E-state index contributed by atoms with van der Waals surface area (Å²) < 4.78 is 11.0. The highest BCUT2D eigenvalue weighted by Crippen LogP contribution is 2.18. The maximum Gasteiger partial charge on any atom is 0.124 e. The molecule has 0 aliphatic rings. The van der Waals surface area contributed by atoms with Gasteiger partial charge >= 0.3 is 0 Å². The molecule has 0 heterocycles. The first kappa shape index (κ1) is 14.8. The van der Waals surface area contributed by atoms with Crippen LogP contribution in [-0.4, -0.2) is 13.7 Å². The molecule has 0 aliphatic heterocycles. The van der Waals surface area contributed by atoms with Gasteiger partial charge in [-0.25, -0.2) is 0 Å². The van der Waals surface area contributed by atoms with Crippen LogP contribution in [0.3, 0.4) is 0 Å². The van der Waals surface area contributed by atoms with Crippen molar-refractivity contribution in [1.29, 1.82) is 0 Å². The molecule has 1 aromatic carbocycles. The average Bonchev–Trinajstić information content (AvgIpc) is 2.39. The maximum absolute atomic E-state index is 5.68. The largest absolute Gasteiger partial charge is 0.496 e. The van der Waals surface area contributed by atoms with E-state index in [9.17, 15) is 0 Å². The van der Waals surface area contributed by atoms with Gasteiger partial charge in [0.2, 0.25) is 0 Å². The average molecular weight is 248 g/mol. The number of hydrogen-bond acceptors (Lipinski definition) is 2. The molecule has 0 N–H and O–H groups in total. The van der Waals surface area contributed by atoms with E-state index in [0.717, 1.165) is 17.7 Å². The topological polar surface area (TPSA) is 18.5 Å². The molecule has 0 bridgehead atoms. The van der Waals surface area contributed by atoms with Gasteiger partial charge in [-0.1, -0.05) is 50.1 Å². The molecule has 0 aliphatic carbocycles. The number of methoxy groups -OCH3 is 1. The molecule has 0 atom stereocenters. The number of benzene rings is 1. The highest BCUT2D eigenvalue weighted by atomic mass is 16.5. The molecule has 2 heteroatoms. The van der Waals surface area contributed by atoms with E-state index in [4.69, 9.17) is 9.47 Å². The zero-order chi connectivity index (χ0) is 13.2. The first-order chi connectivity index (χ1) is 8.77. The molecule has 0 unspecified atom stereocenters. The van der Waals surface area contributed by atoms with Gasteiger partial charge in [-0.15, -0.1) is 0 Å². The number of rotatable bonds is 9. The van der Waals surface area contributed by atoms with Crippen LogP contribution < -0.4 is 4.74 Å². The van der Waals surface area contributed by atoms with Crippen molar-refractivity contribution in [3.63, 3.8) is 0 Å². The number of hydrogen-bond donors (Lipinski definition) is 0. The predicted octanol–water partition coefficient (Wildman–Crippen LogP) is 4.35. The van der Waals surface area contributed by atoms with E-state index in [2.05, 4.69) is 13.5 Å². The fourth-order valence-electron chi connectivity index (χ4n) is 1.82. The minimum Gasteiger partial charge on any atom is -0.496 e. The van der Waals surface area contributed by atoms with Crippen LogP contribution in [0.5, 0.6) is 5.75 Å². The van der Waals surface area contributed by atoms with Gasteiger partial charge in [0.15, 0.2) is 0 Å². The smallest absolute Gasteiger partial charge is 0.124 e. The van der Waals surface area contributed by atoms with E-state index in [0.29, 0.717) is 13.2 Å². The molecule has 1 aromatic rings. The Bertz CT molecular complexity index is 358. The number of para-hydroxylation sites is 1. The lowest BCUT2D eigenvalue weighted by Gasteiger charge is -2.10. The fraction of sp³-hybridized carbons (Fsp3) is 0.500. The van der Waals surface area contributed by atoms with E-state index in [-0.39, 0.29) is 0 Å². The summed E-state index contributed by atoms with van der Waals surface area (Å²) in [6.07, 6.45) is 4.80.